The van der Waals surface area contributed by atoms with Gasteiger partial charge < -0.3 is 5.32 Å². The molecule has 0 unspecified atom stereocenters. The third kappa shape index (κ3) is 4.87. The Balaban J connectivity index is 2.06. The van der Waals surface area contributed by atoms with Gasteiger partial charge >= 0.3 is 0 Å². The van der Waals surface area contributed by atoms with Gasteiger partial charge in [0.2, 0.25) is 0 Å². The molecular weight excluding hydrogens is 333 g/mol. The molecule has 2 rings (SSSR count). The lowest BCUT2D eigenvalue weighted by molar-refractivity contribution is 0.0943. The van der Waals surface area contributed by atoms with Crippen LogP contribution in [0, 0.1) is 5.92 Å². The van der Waals surface area contributed by atoms with Crippen molar-refractivity contribution in [2.75, 3.05) is 6.54 Å². The highest BCUT2D eigenvalue weighted by Crippen LogP contribution is 2.24. The van der Waals surface area contributed by atoms with Gasteiger partial charge in [-0.2, -0.15) is 0 Å². The van der Waals surface area contributed by atoms with Crippen LogP contribution in [0.2, 0.25) is 5.02 Å². The van der Waals surface area contributed by atoms with Gasteiger partial charge in [-0.05, 0) is 37.0 Å². The Bertz CT molecular complexity index is 625. The second-order valence-corrected chi connectivity index (χ2v) is 8.33. The fourth-order valence-electron chi connectivity index (χ4n) is 2.56. The van der Waals surface area contributed by atoms with Gasteiger partial charge in [-0.3, -0.25) is 4.79 Å². The number of nitrogens with one attached hydrogen (secondary N) is 1. The van der Waals surface area contributed by atoms with Crippen molar-refractivity contribution in [3.05, 3.63) is 28.8 Å². The Morgan fingerprint density at radius 1 is 1.19 bits per heavy atom. The Morgan fingerprint density at radius 2 is 1.86 bits per heavy atom. The summed E-state index contributed by atoms with van der Waals surface area (Å²) in [6.45, 7) is 0.605. The van der Waals surface area contributed by atoms with Crippen LogP contribution in [0.4, 0.5) is 0 Å². The first-order valence-corrected chi connectivity index (χ1v) is 9.58. The molecule has 1 fully saturated rings. The van der Waals surface area contributed by atoms with Gasteiger partial charge in [0.25, 0.3) is 15.0 Å². The zero-order chi connectivity index (χ0) is 15.5. The second kappa shape index (κ2) is 6.99. The summed E-state index contributed by atoms with van der Waals surface area (Å²) in [6.07, 6.45) is 5.91. The van der Waals surface area contributed by atoms with Gasteiger partial charge in [0.15, 0.2) is 0 Å². The number of hydrogen-bond donors (Lipinski definition) is 1. The molecule has 0 radical (unpaired) electrons. The molecule has 0 heterocycles. The normalized spacial score (nSPS) is 16.7. The third-order valence-electron chi connectivity index (χ3n) is 3.69. The average molecular weight is 350 g/mol. The molecule has 4 nitrogen and oxygen atoms in total. The van der Waals surface area contributed by atoms with Crippen molar-refractivity contribution in [2.45, 2.75) is 37.0 Å². The maximum atomic E-state index is 12.1. The van der Waals surface area contributed by atoms with Crippen molar-refractivity contribution >= 4 is 37.2 Å². The molecule has 116 valence electrons. The maximum Gasteiger partial charge on any atom is 0.261 e. The molecule has 21 heavy (non-hydrogen) atoms. The highest BCUT2D eigenvalue weighted by atomic mass is 35.7. The standard InChI is InChI=1S/C14H17Cl2NO3S/c15-12-6-11(7-13(8-12)21(16,19)20)14(18)17-9-10-4-2-1-3-5-10/h6-8,10H,1-5,9H2,(H,17,18). The monoisotopic (exact) mass is 349 g/mol. The molecule has 7 heteroatoms. The average Bonchev–Trinajstić information content (AvgIpc) is 2.44. The molecule has 1 aliphatic rings. The second-order valence-electron chi connectivity index (χ2n) is 5.33. The molecule has 1 aromatic carbocycles. The predicted octanol–water partition coefficient (Wildman–Crippen LogP) is 3.58. The van der Waals surface area contributed by atoms with Crippen LogP contribution in [0.25, 0.3) is 0 Å². The number of amides is 1. The van der Waals surface area contributed by atoms with Crippen molar-refractivity contribution < 1.29 is 13.2 Å². The van der Waals surface area contributed by atoms with E-state index in [1.54, 1.807) is 0 Å². The Hall–Kier alpha value is -0.780. The first-order chi connectivity index (χ1) is 9.86. The van der Waals surface area contributed by atoms with Gasteiger partial charge in [0, 0.05) is 27.8 Å². The zero-order valence-electron chi connectivity index (χ0n) is 11.4. The molecule has 1 aromatic rings. The number of carbonyl (C=O) groups is 1. The van der Waals surface area contributed by atoms with Crippen molar-refractivity contribution in [1.29, 1.82) is 0 Å². The third-order valence-corrected chi connectivity index (χ3v) is 5.24. The molecule has 0 atom stereocenters. The van der Waals surface area contributed by atoms with Gasteiger partial charge in [-0.1, -0.05) is 30.9 Å². The minimum absolute atomic E-state index is 0.166. The molecule has 0 spiro atoms. The molecule has 0 aromatic heterocycles. The summed E-state index contributed by atoms with van der Waals surface area (Å²) >= 11 is 5.85. The van der Waals surface area contributed by atoms with Crippen LogP contribution >= 0.6 is 22.3 Å². The van der Waals surface area contributed by atoms with Crippen LogP contribution in [0.3, 0.4) is 0 Å². The van der Waals surface area contributed by atoms with Crippen LogP contribution in [-0.2, 0) is 9.05 Å². The summed E-state index contributed by atoms with van der Waals surface area (Å²) in [5.74, 6) is 0.169. The zero-order valence-corrected chi connectivity index (χ0v) is 13.8. The van der Waals surface area contributed by atoms with E-state index >= 15 is 0 Å². The highest BCUT2D eigenvalue weighted by molar-refractivity contribution is 8.13. The fourth-order valence-corrected chi connectivity index (χ4v) is 3.67. The van der Waals surface area contributed by atoms with E-state index in [2.05, 4.69) is 5.32 Å². The first-order valence-electron chi connectivity index (χ1n) is 6.90. The van der Waals surface area contributed by atoms with Crippen LogP contribution in [0.1, 0.15) is 42.5 Å². The van der Waals surface area contributed by atoms with Crippen molar-refractivity contribution in [2.24, 2.45) is 5.92 Å². The van der Waals surface area contributed by atoms with Gasteiger partial charge in [-0.25, -0.2) is 8.42 Å². The van der Waals surface area contributed by atoms with Crippen molar-refractivity contribution in [3.63, 3.8) is 0 Å². The topological polar surface area (TPSA) is 63.2 Å². The van der Waals surface area contributed by atoms with E-state index in [1.165, 1.54) is 37.5 Å². The summed E-state index contributed by atoms with van der Waals surface area (Å²) in [7, 11) is 1.38. The summed E-state index contributed by atoms with van der Waals surface area (Å²) in [5, 5.41) is 3.01. The molecule has 0 bridgehead atoms. The van der Waals surface area contributed by atoms with E-state index in [0.717, 1.165) is 12.8 Å². The Labute approximate surface area is 134 Å². The first kappa shape index (κ1) is 16.6. The summed E-state index contributed by atoms with van der Waals surface area (Å²) in [5.41, 5.74) is 0.206. The lowest BCUT2D eigenvalue weighted by Gasteiger charge is -2.21. The number of halogens is 2. The Morgan fingerprint density at radius 3 is 2.48 bits per heavy atom. The van der Waals surface area contributed by atoms with Crippen molar-refractivity contribution in [1.82, 2.24) is 5.32 Å². The van der Waals surface area contributed by atoms with Crippen LogP contribution < -0.4 is 5.32 Å². The molecular formula is C14H17Cl2NO3S. The lowest BCUT2D eigenvalue weighted by Crippen LogP contribution is -2.30. The van der Waals surface area contributed by atoms with Gasteiger partial charge in [0.1, 0.15) is 0 Å². The molecule has 1 amide bonds. The summed E-state index contributed by atoms with van der Waals surface area (Å²) in [4.78, 5) is 11.9. The summed E-state index contributed by atoms with van der Waals surface area (Å²) < 4.78 is 22.7. The largest absolute Gasteiger partial charge is 0.352 e. The molecule has 0 saturated heterocycles. The molecule has 1 N–H and O–H groups in total. The maximum absolute atomic E-state index is 12.1. The van der Waals surface area contributed by atoms with E-state index < -0.39 is 9.05 Å². The molecule has 1 aliphatic carbocycles. The highest BCUT2D eigenvalue weighted by Gasteiger charge is 2.17. The smallest absolute Gasteiger partial charge is 0.261 e. The minimum Gasteiger partial charge on any atom is -0.352 e. The van der Waals surface area contributed by atoms with Crippen LogP contribution in [0.5, 0.6) is 0 Å². The molecule has 0 aliphatic heterocycles. The van der Waals surface area contributed by atoms with Crippen LogP contribution in [0.15, 0.2) is 23.1 Å². The van der Waals surface area contributed by atoms with Crippen LogP contribution in [-0.4, -0.2) is 20.9 Å². The predicted molar refractivity (Wildman–Crippen MR) is 83.4 cm³/mol. The lowest BCUT2D eigenvalue weighted by atomic mass is 9.89. The van der Waals surface area contributed by atoms with E-state index in [-0.39, 0.29) is 21.4 Å². The summed E-state index contributed by atoms with van der Waals surface area (Å²) in [6, 6.07) is 3.90. The van der Waals surface area contributed by atoms with Gasteiger partial charge in [-0.15, -0.1) is 0 Å². The van der Waals surface area contributed by atoms with E-state index in [4.69, 9.17) is 22.3 Å². The van der Waals surface area contributed by atoms with E-state index in [1.807, 2.05) is 0 Å². The number of benzene rings is 1. The SMILES string of the molecule is O=C(NCC1CCCCC1)c1cc(Cl)cc(S(=O)(=O)Cl)c1. The van der Waals surface area contributed by atoms with E-state index in [9.17, 15) is 13.2 Å². The van der Waals surface area contributed by atoms with E-state index in [0.29, 0.717) is 12.5 Å². The fraction of sp³-hybridized carbons (Fsp3) is 0.500. The minimum atomic E-state index is -3.91. The quantitative estimate of drug-likeness (QED) is 0.845. The number of hydrogen-bond acceptors (Lipinski definition) is 3. The van der Waals surface area contributed by atoms with Gasteiger partial charge in [0.05, 0.1) is 4.90 Å². The molecule has 1 saturated carbocycles. The number of rotatable bonds is 4. The Kier molecular flexibility index (Phi) is 5.52. The number of carbonyl (C=O) groups excluding carboxylic acids is 1. The van der Waals surface area contributed by atoms with Crippen molar-refractivity contribution in [3.8, 4) is 0 Å².